The topological polar surface area (TPSA) is 92.4 Å². The van der Waals surface area contributed by atoms with Crippen molar-refractivity contribution in [3.8, 4) is 10.6 Å². The summed E-state index contributed by atoms with van der Waals surface area (Å²) in [5.74, 6) is -0.332. The van der Waals surface area contributed by atoms with Gasteiger partial charge >= 0.3 is 5.97 Å². The number of carbonyl (C=O) groups is 2. The van der Waals surface area contributed by atoms with Crippen molar-refractivity contribution < 1.29 is 19.1 Å². The number of carboxylic acids is 1. The fourth-order valence-corrected chi connectivity index (χ4v) is 2.93. The SMILES string of the molecule is O=C(O)CSCCNC(=O)Cc1csc(-c2ccoc2)n1. The first-order valence-electron chi connectivity index (χ1n) is 6.18. The molecule has 2 heterocycles. The summed E-state index contributed by atoms with van der Waals surface area (Å²) in [7, 11) is 0. The largest absolute Gasteiger partial charge is 0.481 e. The summed E-state index contributed by atoms with van der Waals surface area (Å²) >= 11 is 2.74. The van der Waals surface area contributed by atoms with Crippen LogP contribution in [0.25, 0.3) is 10.6 Å². The number of thioether (sulfide) groups is 1. The van der Waals surface area contributed by atoms with Crippen molar-refractivity contribution in [2.24, 2.45) is 0 Å². The molecule has 0 aliphatic carbocycles. The number of thiazole rings is 1. The Kier molecular flexibility index (Phi) is 5.82. The van der Waals surface area contributed by atoms with Crippen LogP contribution in [0.3, 0.4) is 0 Å². The third-order valence-corrected chi connectivity index (χ3v) is 4.34. The van der Waals surface area contributed by atoms with Gasteiger partial charge in [0.05, 0.1) is 24.1 Å². The molecule has 21 heavy (non-hydrogen) atoms. The number of hydrogen-bond acceptors (Lipinski definition) is 6. The molecule has 0 radical (unpaired) electrons. The normalized spacial score (nSPS) is 10.5. The number of hydrogen-bond donors (Lipinski definition) is 2. The highest BCUT2D eigenvalue weighted by molar-refractivity contribution is 7.99. The Morgan fingerprint density at radius 1 is 1.48 bits per heavy atom. The van der Waals surface area contributed by atoms with E-state index in [4.69, 9.17) is 9.52 Å². The molecule has 2 aromatic heterocycles. The lowest BCUT2D eigenvalue weighted by Crippen LogP contribution is -2.27. The summed E-state index contributed by atoms with van der Waals surface area (Å²) in [5, 5.41) is 13.9. The van der Waals surface area contributed by atoms with Gasteiger partial charge in [-0.1, -0.05) is 0 Å². The maximum absolute atomic E-state index is 11.7. The van der Waals surface area contributed by atoms with Gasteiger partial charge in [-0.25, -0.2) is 4.98 Å². The van der Waals surface area contributed by atoms with Gasteiger partial charge in [0.2, 0.25) is 5.91 Å². The Balaban J connectivity index is 1.72. The molecule has 0 spiro atoms. The zero-order valence-electron chi connectivity index (χ0n) is 11.1. The predicted molar refractivity (Wildman–Crippen MR) is 81.5 cm³/mol. The minimum Gasteiger partial charge on any atom is -0.481 e. The van der Waals surface area contributed by atoms with Crippen molar-refractivity contribution in [1.82, 2.24) is 10.3 Å². The van der Waals surface area contributed by atoms with E-state index in [1.165, 1.54) is 23.1 Å². The Hall–Kier alpha value is -1.80. The summed E-state index contributed by atoms with van der Waals surface area (Å²) in [6, 6.07) is 1.82. The second-order valence-corrected chi connectivity index (χ2v) is 6.09. The molecule has 0 aromatic carbocycles. The highest BCUT2D eigenvalue weighted by Crippen LogP contribution is 2.23. The van der Waals surface area contributed by atoms with Gasteiger partial charge in [-0.2, -0.15) is 0 Å². The first-order valence-corrected chi connectivity index (χ1v) is 8.22. The molecule has 0 aliphatic rings. The van der Waals surface area contributed by atoms with E-state index < -0.39 is 5.97 Å². The molecule has 8 heteroatoms. The third-order valence-electron chi connectivity index (χ3n) is 2.46. The molecular weight excluding hydrogens is 312 g/mol. The van der Waals surface area contributed by atoms with Crippen molar-refractivity contribution in [3.63, 3.8) is 0 Å². The first kappa shape index (κ1) is 15.6. The maximum atomic E-state index is 11.7. The molecule has 0 unspecified atom stereocenters. The molecule has 0 atom stereocenters. The number of nitrogens with one attached hydrogen (secondary N) is 1. The highest BCUT2D eigenvalue weighted by Gasteiger charge is 2.09. The van der Waals surface area contributed by atoms with E-state index in [-0.39, 0.29) is 18.1 Å². The quantitative estimate of drug-likeness (QED) is 0.720. The monoisotopic (exact) mass is 326 g/mol. The molecule has 0 aliphatic heterocycles. The highest BCUT2D eigenvalue weighted by atomic mass is 32.2. The molecule has 1 amide bonds. The van der Waals surface area contributed by atoms with Crippen molar-refractivity contribution in [2.45, 2.75) is 6.42 Å². The molecule has 0 bridgehead atoms. The molecule has 0 fully saturated rings. The first-order chi connectivity index (χ1) is 10.1. The van der Waals surface area contributed by atoms with Crippen LogP contribution < -0.4 is 5.32 Å². The minimum atomic E-state index is -0.847. The average Bonchev–Trinajstić information content (AvgIpc) is 3.08. The van der Waals surface area contributed by atoms with Crippen LogP contribution in [0.5, 0.6) is 0 Å². The lowest BCUT2D eigenvalue weighted by atomic mass is 10.3. The van der Waals surface area contributed by atoms with E-state index in [9.17, 15) is 9.59 Å². The van der Waals surface area contributed by atoms with Crippen LogP contribution in [0, 0.1) is 0 Å². The zero-order valence-corrected chi connectivity index (χ0v) is 12.7. The Bertz CT molecular complexity index is 595. The van der Waals surface area contributed by atoms with Crippen LogP contribution in [0.1, 0.15) is 5.69 Å². The summed E-state index contributed by atoms with van der Waals surface area (Å²) in [4.78, 5) is 26.4. The molecule has 2 rings (SSSR count). The van der Waals surface area contributed by atoms with Crippen LogP contribution in [-0.4, -0.2) is 40.0 Å². The molecule has 0 saturated carbocycles. The van der Waals surface area contributed by atoms with Crippen molar-refractivity contribution in [3.05, 3.63) is 29.7 Å². The van der Waals surface area contributed by atoms with Gasteiger partial charge < -0.3 is 14.8 Å². The van der Waals surface area contributed by atoms with Gasteiger partial charge in [0, 0.05) is 23.2 Å². The van der Waals surface area contributed by atoms with Crippen LogP contribution in [-0.2, 0) is 16.0 Å². The van der Waals surface area contributed by atoms with E-state index >= 15 is 0 Å². The van der Waals surface area contributed by atoms with Crippen LogP contribution >= 0.6 is 23.1 Å². The lowest BCUT2D eigenvalue weighted by molar-refractivity contribution is -0.133. The van der Waals surface area contributed by atoms with E-state index in [0.717, 1.165) is 10.6 Å². The fraction of sp³-hybridized carbons (Fsp3) is 0.308. The molecule has 2 N–H and O–H groups in total. The van der Waals surface area contributed by atoms with Crippen LogP contribution in [0.4, 0.5) is 0 Å². The van der Waals surface area contributed by atoms with Gasteiger partial charge in [-0.05, 0) is 6.07 Å². The van der Waals surface area contributed by atoms with E-state index in [0.29, 0.717) is 18.0 Å². The molecule has 2 aromatic rings. The van der Waals surface area contributed by atoms with Crippen LogP contribution in [0.15, 0.2) is 28.4 Å². The molecular formula is C13H14N2O4S2. The number of carboxylic acid groups (broad SMARTS) is 1. The summed E-state index contributed by atoms with van der Waals surface area (Å²) in [6.07, 6.45) is 3.41. The van der Waals surface area contributed by atoms with Crippen molar-refractivity contribution >= 4 is 35.0 Å². The van der Waals surface area contributed by atoms with Crippen molar-refractivity contribution in [2.75, 3.05) is 18.1 Å². The Morgan fingerprint density at radius 3 is 3.05 bits per heavy atom. The average molecular weight is 326 g/mol. The number of furan rings is 1. The predicted octanol–water partition coefficient (Wildman–Crippen LogP) is 1.88. The molecule has 6 nitrogen and oxygen atoms in total. The number of amides is 1. The molecule has 0 saturated heterocycles. The van der Waals surface area contributed by atoms with Gasteiger partial charge in [0.25, 0.3) is 0 Å². The van der Waals surface area contributed by atoms with E-state index in [1.54, 1.807) is 12.5 Å². The second-order valence-electron chi connectivity index (χ2n) is 4.13. The number of rotatable bonds is 8. The van der Waals surface area contributed by atoms with Gasteiger partial charge in [-0.3, -0.25) is 9.59 Å². The second kappa shape index (κ2) is 7.84. The third kappa shape index (κ3) is 5.24. The molecule has 112 valence electrons. The lowest BCUT2D eigenvalue weighted by Gasteiger charge is -2.02. The van der Waals surface area contributed by atoms with Gasteiger partial charge in [-0.15, -0.1) is 23.1 Å². The van der Waals surface area contributed by atoms with Crippen LogP contribution in [0.2, 0.25) is 0 Å². The minimum absolute atomic E-state index is 0.0516. The number of aromatic nitrogens is 1. The summed E-state index contributed by atoms with van der Waals surface area (Å²) < 4.78 is 5.00. The standard InChI is InChI=1S/C13H14N2O4S2/c16-11(14-2-4-20-8-12(17)18)5-10-7-21-13(15-10)9-1-3-19-6-9/h1,3,6-7H,2,4-5,8H2,(H,14,16)(H,17,18). The fourth-order valence-electron chi connectivity index (χ4n) is 1.56. The Morgan fingerprint density at radius 2 is 2.33 bits per heavy atom. The van der Waals surface area contributed by atoms with E-state index in [2.05, 4.69) is 10.3 Å². The number of carbonyl (C=O) groups excluding carboxylic acids is 1. The summed E-state index contributed by atoms with van der Waals surface area (Å²) in [5.41, 5.74) is 1.61. The van der Waals surface area contributed by atoms with E-state index in [1.807, 2.05) is 11.4 Å². The smallest absolute Gasteiger partial charge is 0.313 e. The van der Waals surface area contributed by atoms with Gasteiger partial charge in [0.1, 0.15) is 11.3 Å². The van der Waals surface area contributed by atoms with Gasteiger partial charge in [0.15, 0.2) is 0 Å². The maximum Gasteiger partial charge on any atom is 0.313 e. The Labute approximate surface area is 129 Å². The number of aliphatic carboxylic acids is 1. The summed E-state index contributed by atoms with van der Waals surface area (Å²) in [6.45, 7) is 0.454. The zero-order chi connectivity index (χ0) is 15.1. The van der Waals surface area contributed by atoms with Crippen molar-refractivity contribution in [1.29, 1.82) is 0 Å². The number of nitrogens with zero attached hydrogens (tertiary/aromatic N) is 1.